The van der Waals surface area contributed by atoms with Gasteiger partial charge in [0, 0.05) is 11.1 Å². The normalized spacial score (nSPS) is 11.0. The summed E-state index contributed by atoms with van der Waals surface area (Å²) in [5.74, 6) is -0.542. The predicted octanol–water partition coefficient (Wildman–Crippen LogP) is 4.13. The van der Waals surface area contributed by atoms with E-state index >= 15 is 0 Å². The Morgan fingerprint density at radius 2 is 1.26 bits per heavy atom. The van der Waals surface area contributed by atoms with E-state index in [-0.39, 0.29) is 17.3 Å². The van der Waals surface area contributed by atoms with Gasteiger partial charge in [0.25, 0.3) is 0 Å². The number of rotatable bonds is 5. The molecule has 1 unspecified atom stereocenters. The number of hydrogen-bond donors (Lipinski definition) is 1. The zero-order chi connectivity index (χ0) is 17.4. The molecule has 0 amide bonds. The van der Waals surface area contributed by atoms with Crippen molar-refractivity contribution in [3.8, 4) is 11.5 Å². The molecule has 2 aromatic rings. The summed E-state index contributed by atoms with van der Waals surface area (Å²) in [6.45, 7) is 5.59. The zero-order valence-corrected chi connectivity index (χ0v) is 13.9. The standard InChI is InChI=1S/C17H16O4.C2H6/c1-11(16(19)12-3-7-14(18)8-4-12)17(20)13-5-9-15(21-2)10-6-13;1-2/h3-11,18H,1-2H3;1-2H3. The second-order valence-electron chi connectivity index (χ2n) is 4.73. The first-order valence-corrected chi connectivity index (χ1v) is 7.54. The Morgan fingerprint density at radius 1 is 0.870 bits per heavy atom. The molecule has 0 spiro atoms. The summed E-state index contributed by atoms with van der Waals surface area (Å²) in [7, 11) is 1.55. The monoisotopic (exact) mass is 314 g/mol. The van der Waals surface area contributed by atoms with Crippen LogP contribution in [0.3, 0.4) is 0 Å². The lowest BCUT2D eigenvalue weighted by Gasteiger charge is -2.10. The average Bonchev–Trinajstić information content (AvgIpc) is 2.62. The molecular formula is C19H22O4. The highest BCUT2D eigenvalue weighted by Gasteiger charge is 2.23. The third-order valence-corrected chi connectivity index (χ3v) is 3.31. The Kier molecular flexibility index (Phi) is 7.00. The Hall–Kier alpha value is -2.62. The van der Waals surface area contributed by atoms with Crippen LogP contribution in [0, 0.1) is 5.92 Å². The molecule has 0 aromatic heterocycles. The van der Waals surface area contributed by atoms with E-state index in [4.69, 9.17) is 4.74 Å². The Morgan fingerprint density at radius 3 is 1.65 bits per heavy atom. The first-order chi connectivity index (χ1) is 11.0. The van der Waals surface area contributed by atoms with Crippen LogP contribution in [0.1, 0.15) is 41.5 Å². The van der Waals surface area contributed by atoms with Gasteiger partial charge in [0.2, 0.25) is 0 Å². The van der Waals surface area contributed by atoms with Crippen LogP contribution in [0.2, 0.25) is 0 Å². The molecule has 0 heterocycles. The van der Waals surface area contributed by atoms with E-state index in [0.717, 1.165) is 0 Å². The summed E-state index contributed by atoms with van der Waals surface area (Å²) >= 11 is 0. The van der Waals surface area contributed by atoms with Gasteiger partial charge in [0.1, 0.15) is 11.5 Å². The lowest BCUT2D eigenvalue weighted by Crippen LogP contribution is -2.21. The van der Waals surface area contributed by atoms with E-state index in [2.05, 4.69) is 0 Å². The second-order valence-corrected chi connectivity index (χ2v) is 4.73. The maximum Gasteiger partial charge on any atom is 0.173 e. The fraction of sp³-hybridized carbons (Fsp3) is 0.263. The maximum atomic E-state index is 12.3. The van der Waals surface area contributed by atoms with Crippen molar-refractivity contribution in [2.24, 2.45) is 5.92 Å². The summed E-state index contributed by atoms with van der Waals surface area (Å²) in [4.78, 5) is 24.6. The van der Waals surface area contributed by atoms with Gasteiger partial charge in [-0.15, -0.1) is 0 Å². The number of ether oxygens (including phenoxy) is 1. The smallest absolute Gasteiger partial charge is 0.173 e. The molecule has 0 aliphatic heterocycles. The summed E-state index contributed by atoms with van der Waals surface area (Å²) < 4.78 is 5.04. The van der Waals surface area contributed by atoms with Crippen LogP contribution in [0.4, 0.5) is 0 Å². The van der Waals surface area contributed by atoms with E-state index in [9.17, 15) is 14.7 Å². The van der Waals surface area contributed by atoms with Gasteiger partial charge in [-0.2, -0.15) is 0 Å². The van der Waals surface area contributed by atoms with Crippen molar-refractivity contribution in [2.75, 3.05) is 7.11 Å². The van der Waals surface area contributed by atoms with Crippen molar-refractivity contribution >= 4 is 11.6 Å². The third-order valence-electron chi connectivity index (χ3n) is 3.31. The van der Waals surface area contributed by atoms with Gasteiger partial charge in [0.15, 0.2) is 11.6 Å². The molecule has 0 bridgehead atoms. The SMILES string of the molecule is CC.COc1ccc(C(=O)C(C)C(=O)c2ccc(O)cc2)cc1. The van der Waals surface area contributed by atoms with E-state index < -0.39 is 5.92 Å². The Balaban J connectivity index is 0.00000127. The zero-order valence-electron chi connectivity index (χ0n) is 13.9. The molecule has 1 atom stereocenters. The number of aromatic hydroxyl groups is 1. The molecule has 23 heavy (non-hydrogen) atoms. The lowest BCUT2D eigenvalue weighted by molar-refractivity contribution is 0.0821. The van der Waals surface area contributed by atoms with E-state index in [1.54, 1.807) is 38.3 Å². The predicted molar refractivity (Wildman–Crippen MR) is 90.3 cm³/mol. The summed E-state index contributed by atoms with van der Waals surface area (Å²) in [5, 5.41) is 9.22. The van der Waals surface area contributed by atoms with E-state index in [1.807, 2.05) is 13.8 Å². The number of benzene rings is 2. The van der Waals surface area contributed by atoms with Gasteiger partial charge in [-0.1, -0.05) is 13.8 Å². The molecule has 2 rings (SSSR count). The third kappa shape index (κ3) is 4.68. The maximum absolute atomic E-state index is 12.3. The van der Waals surface area contributed by atoms with Crippen LogP contribution in [-0.4, -0.2) is 23.8 Å². The quantitative estimate of drug-likeness (QED) is 0.666. The van der Waals surface area contributed by atoms with Crippen LogP contribution in [0.25, 0.3) is 0 Å². The van der Waals surface area contributed by atoms with Crippen LogP contribution >= 0.6 is 0 Å². The molecule has 0 aliphatic carbocycles. The number of phenols is 1. The molecule has 0 saturated heterocycles. The average molecular weight is 314 g/mol. The number of Topliss-reactive ketones (excluding diaryl/α,β-unsaturated/α-hetero) is 2. The topological polar surface area (TPSA) is 63.6 Å². The molecule has 1 N–H and O–H groups in total. The van der Waals surface area contributed by atoms with Crippen molar-refractivity contribution in [3.63, 3.8) is 0 Å². The van der Waals surface area contributed by atoms with Crippen molar-refractivity contribution in [2.45, 2.75) is 20.8 Å². The van der Waals surface area contributed by atoms with E-state index in [1.165, 1.54) is 24.3 Å². The van der Waals surface area contributed by atoms with Gasteiger partial charge in [-0.05, 0) is 55.5 Å². The lowest BCUT2D eigenvalue weighted by atomic mass is 9.91. The molecule has 4 heteroatoms. The highest BCUT2D eigenvalue weighted by atomic mass is 16.5. The molecule has 0 fully saturated rings. The van der Waals surface area contributed by atoms with Crippen molar-refractivity contribution in [1.29, 1.82) is 0 Å². The van der Waals surface area contributed by atoms with Crippen molar-refractivity contribution < 1.29 is 19.4 Å². The fourth-order valence-corrected chi connectivity index (χ4v) is 2.00. The van der Waals surface area contributed by atoms with Crippen LogP contribution in [0.5, 0.6) is 11.5 Å². The van der Waals surface area contributed by atoms with Gasteiger partial charge < -0.3 is 9.84 Å². The molecule has 0 saturated carbocycles. The Labute approximate surface area is 136 Å². The molecule has 0 aliphatic rings. The fourth-order valence-electron chi connectivity index (χ4n) is 2.00. The minimum Gasteiger partial charge on any atom is -0.508 e. The van der Waals surface area contributed by atoms with Gasteiger partial charge >= 0.3 is 0 Å². The summed E-state index contributed by atoms with van der Waals surface area (Å²) in [6, 6.07) is 12.5. The first kappa shape index (κ1) is 18.4. The van der Waals surface area contributed by atoms with Gasteiger partial charge in [-0.3, -0.25) is 9.59 Å². The number of carbonyl (C=O) groups is 2. The van der Waals surface area contributed by atoms with Crippen LogP contribution in [-0.2, 0) is 0 Å². The molecule has 122 valence electrons. The number of methoxy groups -OCH3 is 1. The molecule has 0 radical (unpaired) electrons. The number of hydrogen-bond acceptors (Lipinski definition) is 4. The Bertz CT molecular complexity index is 642. The minimum absolute atomic E-state index is 0.0840. The van der Waals surface area contributed by atoms with Gasteiger partial charge in [-0.25, -0.2) is 0 Å². The first-order valence-electron chi connectivity index (χ1n) is 7.54. The summed E-state index contributed by atoms with van der Waals surface area (Å²) in [6.07, 6.45) is 0. The number of ketones is 2. The van der Waals surface area contributed by atoms with E-state index in [0.29, 0.717) is 16.9 Å². The number of phenolic OH excluding ortho intramolecular Hbond substituents is 1. The van der Waals surface area contributed by atoms with Crippen LogP contribution in [0.15, 0.2) is 48.5 Å². The largest absolute Gasteiger partial charge is 0.508 e. The van der Waals surface area contributed by atoms with Crippen LogP contribution < -0.4 is 4.74 Å². The molecule has 4 nitrogen and oxygen atoms in total. The molecule has 2 aromatic carbocycles. The van der Waals surface area contributed by atoms with Crippen molar-refractivity contribution in [3.05, 3.63) is 59.7 Å². The summed E-state index contributed by atoms with van der Waals surface area (Å²) in [5.41, 5.74) is 0.873. The molecular weight excluding hydrogens is 292 g/mol. The highest BCUT2D eigenvalue weighted by molar-refractivity contribution is 6.15. The number of carbonyl (C=O) groups excluding carboxylic acids is 2. The van der Waals surface area contributed by atoms with Crippen molar-refractivity contribution in [1.82, 2.24) is 0 Å². The second kappa shape index (κ2) is 8.73. The van der Waals surface area contributed by atoms with Gasteiger partial charge in [0.05, 0.1) is 13.0 Å². The highest BCUT2D eigenvalue weighted by Crippen LogP contribution is 2.19. The minimum atomic E-state index is -0.775.